The molecule has 0 atom stereocenters. The number of sulfone groups is 1. The van der Waals surface area contributed by atoms with Crippen LogP contribution in [-0.2, 0) is 40.4 Å². The molecule has 1 aliphatic heterocycles. The average Bonchev–Trinajstić information content (AvgIpc) is 3.14. The highest BCUT2D eigenvalue weighted by atomic mass is 32.2. The molecule has 2 aromatic rings. The lowest BCUT2D eigenvalue weighted by Gasteiger charge is -2.14. The molecule has 0 fully saturated rings. The summed E-state index contributed by atoms with van der Waals surface area (Å²) in [5.41, 5.74) is 2.36. The first-order valence-electron chi connectivity index (χ1n) is 8.77. The Labute approximate surface area is 168 Å². The Bertz CT molecular complexity index is 1040. The van der Waals surface area contributed by atoms with E-state index in [0.29, 0.717) is 16.9 Å². The van der Waals surface area contributed by atoms with Crippen molar-refractivity contribution in [1.82, 2.24) is 15.1 Å². The number of ether oxygens (including phenoxy) is 2. The summed E-state index contributed by atoms with van der Waals surface area (Å²) in [5, 5.41) is 9.27. The third-order valence-corrected chi connectivity index (χ3v) is 5.87. The van der Waals surface area contributed by atoms with Gasteiger partial charge in [-0.3, -0.25) is 9.59 Å². The minimum atomic E-state index is -3.34. The number of rotatable bonds is 6. The summed E-state index contributed by atoms with van der Waals surface area (Å²) in [4.78, 5) is 24.6. The molecule has 0 saturated carbocycles. The van der Waals surface area contributed by atoms with Crippen molar-refractivity contribution in [2.45, 2.75) is 24.7 Å². The Kier molecular flexibility index (Phi) is 6.01. The standard InChI is InChI=1S/C18H22N4O6S/c1-11-5-4-6-12(7-11)22-16(13-9-29(25,26)10-14(13)21-22)20-18(24)17(23)19-8-15(27-2)28-3/h4-7,15H,8-10H2,1-3H3,(H,19,23)(H,20,24). The van der Waals surface area contributed by atoms with Gasteiger partial charge in [-0.1, -0.05) is 12.1 Å². The number of carbonyl (C=O) groups excluding carboxylic acids is 2. The molecule has 1 aromatic carbocycles. The Morgan fingerprint density at radius 2 is 1.93 bits per heavy atom. The van der Waals surface area contributed by atoms with Crippen LogP contribution in [0.1, 0.15) is 16.8 Å². The predicted octanol–water partition coefficient (Wildman–Crippen LogP) is 0.283. The fraction of sp³-hybridized carbons (Fsp3) is 0.389. The number of benzene rings is 1. The lowest BCUT2D eigenvalue weighted by atomic mass is 10.2. The molecule has 156 valence electrons. The topological polar surface area (TPSA) is 129 Å². The van der Waals surface area contributed by atoms with Crippen LogP contribution in [0.15, 0.2) is 24.3 Å². The first-order chi connectivity index (χ1) is 13.7. The Hall–Kier alpha value is -2.76. The van der Waals surface area contributed by atoms with Gasteiger partial charge in [0.2, 0.25) is 0 Å². The van der Waals surface area contributed by atoms with Gasteiger partial charge in [-0.15, -0.1) is 0 Å². The molecule has 2 heterocycles. The summed E-state index contributed by atoms with van der Waals surface area (Å²) >= 11 is 0. The number of fused-ring (bicyclic) bond motifs is 1. The summed E-state index contributed by atoms with van der Waals surface area (Å²) in [7, 11) is -0.522. The molecule has 0 spiro atoms. The van der Waals surface area contributed by atoms with Crippen molar-refractivity contribution in [1.29, 1.82) is 0 Å². The van der Waals surface area contributed by atoms with E-state index in [4.69, 9.17) is 9.47 Å². The molecule has 0 unspecified atom stereocenters. The second-order valence-corrected chi connectivity index (χ2v) is 8.69. The predicted molar refractivity (Wildman–Crippen MR) is 104 cm³/mol. The molecule has 0 saturated heterocycles. The Morgan fingerprint density at radius 3 is 2.59 bits per heavy atom. The molecule has 2 N–H and O–H groups in total. The first-order valence-corrected chi connectivity index (χ1v) is 10.6. The third-order valence-electron chi connectivity index (χ3n) is 4.43. The fourth-order valence-corrected chi connectivity index (χ4v) is 4.49. The van der Waals surface area contributed by atoms with Crippen LogP contribution in [0.5, 0.6) is 0 Å². The van der Waals surface area contributed by atoms with Crippen LogP contribution < -0.4 is 10.6 Å². The molecular formula is C18H22N4O6S. The van der Waals surface area contributed by atoms with Crippen molar-refractivity contribution in [2.24, 2.45) is 0 Å². The summed E-state index contributed by atoms with van der Waals surface area (Å²) in [5.74, 6) is -2.14. The highest BCUT2D eigenvalue weighted by Gasteiger charge is 2.34. The van der Waals surface area contributed by atoms with Gasteiger partial charge in [0.15, 0.2) is 16.1 Å². The Morgan fingerprint density at radius 1 is 1.21 bits per heavy atom. The van der Waals surface area contributed by atoms with Crippen LogP contribution in [0.2, 0.25) is 0 Å². The minimum absolute atomic E-state index is 0.0249. The van der Waals surface area contributed by atoms with Crippen LogP contribution in [0.25, 0.3) is 5.69 Å². The molecule has 2 amide bonds. The number of aryl methyl sites for hydroxylation is 1. The molecule has 0 radical (unpaired) electrons. The summed E-state index contributed by atoms with van der Waals surface area (Å²) in [6.07, 6.45) is -0.695. The van der Waals surface area contributed by atoms with E-state index in [9.17, 15) is 18.0 Å². The maximum Gasteiger partial charge on any atom is 0.314 e. The van der Waals surface area contributed by atoms with E-state index in [1.165, 1.54) is 18.9 Å². The molecule has 10 nitrogen and oxygen atoms in total. The van der Waals surface area contributed by atoms with Gasteiger partial charge in [0.25, 0.3) is 0 Å². The minimum Gasteiger partial charge on any atom is -0.354 e. The van der Waals surface area contributed by atoms with Gasteiger partial charge in [0.05, 0.1) is 29.4 Å². The van der Waals surface area contributed by atoms with E-state index in [1.54, 1.807) is 6.07 Å². The lowest BCUT2D eigenvalue weighted by Crippen LogP contribution is -2.40. The van der Waals surface area contributed by atoms with Gasteiger partial charge in [0.1, 0.15) is 5.82 Å². The van der Waals surface area contributed by atoms with Crippen LogP contribution in [0, 0.1) is 6.92 Å². The zero-order valence-corrected chi connectivity index (χ0v) is 17.1. The highest BCUT2D eigenvalue weighted by molar-refractivity contribution is 7.90. The monoisotopic (exact) mass is 422 g/mol. The maximum absolute atomic E-state index is 12.4. The quantitative estimate of drug-likeness (QED) is 0.505. The van der Waals surface area contributed by atoms with Gasteiger partial charge in [-0.2, -0.15) is 5.10 Å². The van der Waals surface area contributed by atoms with Crippen LogP contribution >= 0.6 is 0 Å². The SMILES string of the molecule is COC(CNC(=O)C(=O)Nc1c2c(nn1-c1cccc(C)c1)CS(=O)(=O)C2)OC. The number of hydrogen-bond acceptors (Lipinski definition) is 7. The highest BCUT2D eigenvalue weighted by Crippen LogP contribution is 2.33. The summed E-state index contributed by atoms with van der Waals surface area (Å²) in [6, 6.07) is 7.34. The zero-order valence-electron chi connectivity index (χ0n) is 16.3. The van der Waals surface area contributed by atoms with Gasteiger partial charge in [-0.25, -0.2) is 13.1 Å². The van der Waals surface area contributed by atoms with Gasteiger partial charge in [-0.05, 0) is 24.6 Å². The summed E-state index contributed by atoms with van der Waals surface area (Å²) < 4.78 is 35.4. The average molecular weight is 422 g/mol. The maximum atomic E-state index is 12.4. The smallest absolute Gasteiger partial charge is 0.314 e. The molecule has 3 rings (SSSR count). The van der Waals surface area contributed by atoms with Crippen molar-refractivity contribution in [3.63, 3.8) is 0 Å². The number of amides is 2. The molecule has 0 bridgehead atoms. The first kappa shape index (κ1) is 21.0. The van der Waals surface area contributed by atoms with Crippen molar-refractivity contribution in [3.05, 3.63) is 41.1 Å². The van der Waals surface area contributed by atoms with E-state index in [-0.39, 0.29) is 23.9 Å². The van der Waals surface area contributed by atoms with Gasteiger partial charge >= 0.3 is 11.8 Å². The van der Waals surface area contributed by atoms with E-state index < -0.39 is 27.9 Å². The number of hydrogen-bond donors (Lipinski definition) is 2. The normalized spacial score (nSPS) is 14.6. The molecular weight excluding hydrogens is 400 g/mol. The van der Waals surface area contributed by atoms with E-state index >= 15 is 0 Å². The van der Waals surface area contributed by atoms with E-state index in [2.05, 4.69) is 15.7 Å². The number of nitrogens with zero attached hydrogens (tertiary/aromatic N) is 2. The largest absolute Gasteiger partial charge is 0.354 e. The zero-order chi connectivity index (χ0) is 21.2. The van der Waals surface area contributed by atoms with Crippen LogP contribution in [-0.4, -0.2) is 57.1 Å². The molecule has 1 aromatic heterocycles. The number of anilines is 1. The van der Waals surface area contributed by atoms with Crippen molar-refractivity contribution in [3.8, 4) is 5.69 Å². The molecule has 0 aliphatic carbocycles. The molecule has 29 heavy (non-hydrogen) atoms. The van der Waals surface area contributed by atoms with Crippen molar-refractivity contribution < 1.29 is 27.5 Å². The number of methoxy groups -OCH3 is 2. The molecule has 1 aliphatic rings. The van der Waals surface area contributed by atoms with Crippen molar-refractivity contribution >= 4 is 27.5 Å². The van der Waals surface area contributed by atoms with Crippen molar-refractivity contribution in [2.75, 3.05) is 26.1 Å². The lowest BCUT2D eigenvalue weighted by molar-refractivity contribution is -0.139. The van der Waals surface area contributed by atoms with E-state index in [0.717, 1.165) is 5.56 Å². The second kappa shape index (κ2) is 8.31. The molecule has 11 heteroatoms. The van der Waals surface area contributed by atoms with E-state index in [1.807, 2.05) is 25.1 Å². The number of nitrogens with one attached hydrogen (secondary N) is 2. The second-order valence-electron chi connectivity index (χ2n) is 6.62. The number of carbonyl (C=O) groups is 2. The third kappa shape index (κ3) is 4.63. The summed E-state index contributed by atoms with van der Waals surface area (Å²) in [6.45, 7) is 1.88. The van der Waals surface area contributed by atoms with Gasteiger partial charge in [0, 0.05) is 19.8 Å². The van der Waals surface area contributed by atoms with Crippen LogP contribution in [0.3, 0.4) is 0 Å². The number of aromatic nitrogens is 2. The van der Waals surface area contributed by atoms with Crippen LogP contribution in [0.4, 0.5) is 5.82 Å². The van der Waals surface area contributed by atoms with Gasteiger partial charge < -0.3 is 20.1 Å². The Balaban J connectivity index is 1.88. The fourth-order valence-electron chi connectivity index (χ4n) is 3.00.